The van der Waals surface area contributed by atoms with Gasteiger partial charge in [0.2, 0.25) is 5.91 Å². The summed E-state index contributed by atoms with van der Waals surface area (Å²) in [7, 11) is 2.03. The molecule has 1 amide bonds. The van der Waals surface area contributed by atoms with Gasteiger partial charge in [-0.1, -0.05) is 30.3 Å². The summed E-state index contributed by atoms with van der Waals surface area (Å²) in [5, 5.41) is 4.77. The number of rotatable bonds is 3. The van der Waals surface area contributed by atoms with Crippen molar-refractivity contribution in [2.24, 2.45) is 7.05 Å². The van der Waals surface area contributed by atoms with Gasteiger partial charge in [0.25, 0.3) is 0 Å². The van der Waals surface area contributed by atoms with Crippen molar-refractivity contribution in [3.63, 3.8) is 0 Å². The van der Waals surface area contributed by atoms with Crippen LogP contribution in [0.3, 0.4) is 0 Å². The molecule has 3 heterocycles. The molecule has 1 saturated heterocycles. The predicted molar refractivity (Wildman–Crippen MR) is 98.3 cm³/mol. The molecule has 2 aromatic rings. The second-order valence-electron chi connectivity index (χ2n) is 7.13. The average molecular weight is 338 g/mol. The second-order valence-corrected chi connectivity index (χ2v) is 7.13. The Morgan fingerprint density at radius 3 is 2.52 bits per heavy atom. The van der Waals surface area contributed by atoms with E-state index in [2.05, 4.69) is 29.2 Å². The summed E-state index contributed by atoms with van der Waals surface area (Å²) in [6.45, 7) is 4.27. The molecule has 2 aliphatic heterocycles. The average Bonchev–Trinajstić information content (AvgIpc) is 3.22. The van der Waals surface area contributed by atoms with Crippen LogP contribution in [0.2, 0.25) is 0 Å². The minimum absolute atomic E-state index is 0.292. The fourth-order valence-corrected chi connectivity index (χ4v) is 4.11. The van der Waals surface area contributed by atoms with Gasteiger partial charge in [0.05, 0.1) is 17.9 Å². The van der Waals surface area contributed by atoms with Crippen LogP contribution in [0.5, 0.6) is 0 Å². The number of fused-ring (bicyclic) bond motifs is 1. The summed E-state index contributed by atoms with van der Waals surface area (Å²) < 4.78 is 2.02. The molecule has 0 atom stereocenters. The van der Waals surface area contributed by atoms with Crippen LogP contribution in [0.4, 0.5) is 0 Å². The number of amides is 1. The number of carbonyl (C=O) groups is 1. The minimum Gasteiger partial charge on any atom is -0.342 e. The zero-order chi connectivity index (χ0) is 17.2. The topological polar surface area (TPSA) is 41.4 Å². The van der Waals surface area contributed by atoms with Crippen LogP contribution in [0.1, 0.15) is 24.1 Å². The normalized spacial score (nSPS) is 18.2. The molecule has 5 nitrogen and oxygen atoms in total. The fourth-order valence-electron chi connectivity index (χ4n) is 4.11. The fraction of sp³-hybridized carbons (Fsp3) is 0.500. The molecule has 132 valence electrons. The maximum Gasteiger partial charge on any atom is 0.236 e. The molecule has 0 spiro atoms. The van der Waals surface area contributed by atoms with Crippen molar-refractivity contribution in [1.82, 2.24) is 19.6 Å². The highest BCUT2D eigenvalue weighted by atomic mass is 16.2. The second kappa shape index (κ2) is 7.00. The summed E-state index contributed by atoms with van der Waals surface area (Å²) >= 11 is 0. The highest BCUT2D eigenvalue weighted by molar-refractivity contribution is 5.78. The number of hydrogen-bond donors (Lipinski definition) is 0. The predicted octanol–water partition coefficient (Wildman–Crippen LogP) is 2.11. The molecule has 0 aliphatic carbocycles. The van der Waals surface area contributed by atoms with Gasteiger partial charge in [0, 0.05) is 50.8 Å². The van der Waals surface area contributed by atoms with Crippen molar-refractivity contribution in [2.75, 3.05) is 32.7 Å². The first-order valence-corrected chi connectivity index (χ1v) is 9.32. The van der Waals surface area contributed by atoms with Gasteiger partial charge in [-0.15, -0.1) is 0 Å². The zero-order valence-corrected chi connectivity index (χ0v) is 14.9. The lowest BCUT2D eigenvalue weighted by atomic mass is 10.0. The standard InChI is InChI=1S/C20H26N4O/c1-22-20(16-7-3-2-4-8-16)17-9-13-23(14-10-18(17)21-22)15-19(25)24-11-5-6-12-24/h2-4,7-8H,5-6,9-15H2,1H3. The molecule has 0 radical (unpaired) electrons. The van der Waals surface area contributed by atoms with E-state index in [0.717, 1.165) is 51.9 Å². The Morgan fingerprint density at radius 1 is 1.04 bits per heavy atom. The lowest BCUT2D eigenvalue weighted by molar-refractivity contribution is -0.131. The maximum absolute atomic E-state index is 12.4. The van der Waals surface area contributed by atoms with E-state index in [9.17, 15) is 4.79 Å². The summed E-state index contributed by atoms with van der Waals surface area (Å²) in [6, 6.07) is 10.5. The third-order valence-electron chi connectivity index (χ3n) is 5.44. The van der Waals surface area contributed by atoms with Gasteiger partial charge in [0.1, 0.15) is 0 Å². The monoisotopic (exact) mass is 338 g/mol. The van der Waals surface area contributed by atoms with Crippen molar-refractivity contribution in [3.05, 3.63) is 41.6 Å². The van der Waals surface area contributed by atoms with Crippen molar-refractivity contribution >= 4 is 5.91 Å². The number of aryl methyl sites for hydroxylation is 1. The van der Waals surface area contributed by atoms with Crippen molar-refractivity contribution < 1.29 is 4.79 Å². The molecule has 1 fully saturated rings. The Kier molecular flexibility index (Phi) is 4.57. The van der Waals surface area contributed by atoms with E-state index in [1.165, 1.54) is 22.5 Å². The molecule has 2 aliphatic rings. The van der Waals surface area contributed by atoms with Gasteiger partial charge in [-0.05, 0) is 19.3 Å². The minimum atomic E-state index is 0.292. The van der Waals surface area contributed by atoms with Crippen LogP contribution < -0.4 is 0 Å². The van der Waals surface area contributed by atoms with Gasteiger partial charge >= 0.3 is 0 Å². The van der Waals surface area contributed by atoms with Crippen LogP contribution in [-0.4, -0.2) is 58.2 Å². The van der Waals surface area contributed by atoms with Gasteiger partial charge in [-0.2, -0.15) is 5.10 Å². The number of likely N-dealkylation sites (tertiary alicyclic amines) is 1. The van der Waals surface area contributed by atoms with E-state index in [0.29, 0.717) is 12.5 Å². The van der Waals surface area contributed by atoms with Crippen LogP contribution >= 0.6 is 0 Å². The molecule has 0 unspecified atom stereocenters. The molecular formula is C20H26N4O. The molecule has 1 aromatic carbocycles. The summed E-state index contributed by atoms with van der Waals surface area (Å²) in [5.41, 5.74) is 4.99. The summed E-state index contributed by atoms with van der Waals surface area (Å²) in [5.74, 6) is 0.292. The first kappa shape index (κ1) is 16.3. The molecular weight excluding hydrogens is 312 g/mol. The van der Waals surface area contributed by atoms with E-state index < -0.39 is 0 Å². The number of aromatic nitrogens is 2. The van der Waals surface area contributed by atoms with Crippen LogP contribution in [0, 0.1) is 0 Å². The third kappa shape index (κ3) is 3.33. The van der Waals surface area contributed by atoms with Crippen molar-refractivity contribution in [1.29, 1.82) is 0 Å². The highest BCUT2D eigenvalue weighted by Crippen LogP contribution is 2.28. The van der Waals surface area contributed by atoms with Crippen LogP contribution in [0.15, 0.2) is 30.3 Å². The Morgan fingerprint density at radius 2 is 1.76 bits per heavy atom. The number of carbonyl (C=O) groups excluding carboxylic acids is 1. The third-order valence-corrected chi connectivity index (χ3v) is 5.44. The number of benzene rings is 1. The van der Waals surface area contributed by atoms with Crippen LogP contribution in [-0.2, 0) is 24.7 Å². The quantitative estimate of drug-likeness (QED) is 0.861. The Balaban J connectivity index is 1.49. The first-order chi connectivity index (χ1) is 12.2. The van der Waals surface area contributed by atoms with Gasteiger partial charge in [-0.3, -0.25) is 14.4 Å². The highest BCUT2D eigenvalue weighted by Gasteiger charge is 2.25. The van der Waals surface area contributed by atoms with Crippen molar-refractivity contribution in [2.45, 2.75) is 25.7 Å². The Hall–Kier alpha value is -2.14. The molecule has 1 aromatic heterocycles. The maximum atomic E-state index is 12.4. The van der Waals surface area contributed by atoms with E-state index in [4.69, 9.17) is 5.10 Å². The largest absolute Gasteiger partial charge is 0.342 e. The Bertz CT molecular complexity index is 747. The first-order valence-electron chi connectivity index (χ1n) is 9.32. The van der Waals surface area contributed by atoms with Gasteiger partial charge in [-0.25, -0.2) is 0 Å². The number of hydrogen-bond acceptors (Lipinski definition) is 3. The van der Waals surface area contributed by atoms with Crippen LogP contribution in [0.25, 0.3) is 11.3 Å². The smallest absolute Gasteiger partial charge is 0.236 e. The molecule has 0 bridgehead atoms. The van der Waals surface area contributed by atoms with E-state index in [1.807, 2.05) is 22.7 Å². The zero-order valence-electron chi connectivity index (χ0n) is 14.9. The lowest BCUT2D eigenvalue weighted by Gasteiger charge is -2.23. The lowest BCUT2D eigenvalue weighted by Crippen LogP contribution is -2.40. The van der Waals surface area contributed by atoms with Gasteiger partial charge in [0.15, 0.2) is 0 Å². The summed E-state index contributed by atoms with van der Waals surface area (Å²) in [6.07, 6.45) is 4.19. The molecule has 25 heavy (non-hydrogen) atoms. The molecule has 4 rings (SSSR count). The molecule has 0 saturated carbocycles. The summed E-state index contributed by atoms with van der Waals surface area (Å²) in [4.78, 5) is 16.8. The molecule has 0 N–H and O–H groups in total. The van der Waals surface area contributed by atoms with E-state index in [-0.39, 0.29) is 0 Å². The SMILES string of the molecule is Cn1nc2c(c1-c1ccccc1)CCN(CC(=O)N1CCCC1)CC2. The molecule has 5 heteroatoms. The Labute approximate surface area is 149 Å². The van der Waals surface area contributed by atoms with Gasteiger partial charge < -0.3 is 4.90 Å². The van der Waals surface area contributed by atoms with E-state index in [1.54, 1.807) is 0 Å². The number of nitrogens with zero attached hydrogens (tertiary/aromatic N) is 4. The van der Waals surface area contributed by atoms with Crippen molar-refractivity contribution in [3.8, 4) is 11.3 Å². The van der Waals surface area contributed by atoms with E-state index >= 15 is 0 Å².